The van der Waals surface area contributed by atoms with Crippen LogP contribution in [0.2, 0.25) is 0 Å². The maximum Gasteiger partial charge on any atom is 0.272 e. The molecule has 6 heteroatoms. The molecule has 0 radical (unpaired) electrons. The van der Waals surface area contributed by atoms with Gasteiger partial charge in [0, 0.05) is 22.1 Å². The number of hydrogen-bond donors (Lipinski definition) is 2. The zero-order chi connectivity index (χ0) is 28.2. The van der Waals surface area contributed by atoms with Crippen molar-refractivity contribution in [1.82, 2.24) is 10.4 Å². The van der Waals surface area contributed by atoms with Crippen LogP contribution in [-0.4, -0.2) is 22.5 Å². The van der Waals surface area contributed by atoms with Gasteiger partial charge in [0.05, 0.1) is 22.5 Å². The molecule has 0 aliphatic heterocycles. The molecule has 1 heterocycles. The quantitative estimate of drug-likeness (QED) is 0.195. The van der Waals surface area contributed by atoms with Gasteiger partial charge in [0.15, 0.2) is 0 Å². The van der Waals surface area contributed by atoms with Crippen LogP contribution < -0.4 is 10.7 Å². The normalized spacial score (nSPS) is 12.7. The molecule has 0 unspecified atom stereocenters. The summed E-state index contributed by atoms with van der Waals surface area (Å²) < 4.78 is 0. The van der Waals surface area contributed by atoms with Crippen molar-refractivity contribution in [3.05, 3.63) is 95.6 Å². The Morgan fingerprint density at radius 3 is 2.36 bits per heavy atom. The SMILES string of the molecule is CC[C@@H](C)c1ccc(-c2cc(C(=O)NN=C(C)c3cccc(NC(=O)C(C)(C)C)c3)c3ccccc3n2)cc1. The third-order valence-corrected chi connectivity index (χ3v) is 6.89. The summed E-state index contributed by atoms with van der Waals surface area (Å²) in [7, 11) is 0. The predicted octanol–water partition coefficient (Wildman–Crippen LogP) is 7.55. The number of pyridine rings is 1. The summed E-state index contributed by atoms with van der Waals surface area (Å²) in [6.45, 7) is 11.8. The van der Waals surface area contributed by atoms with E-state index in [2.05, 4.69) is 54.0 Å². The number of hydrazone groups is 1. The summed E-state index contributed by atoms with van der Waals surface area (Å²) in [5.74, 6) is 0.0987. The van der Waals surface area contributed by atoms with E-state index in [4.69, 9.17) is 4.98 Å². The van der Waals surface area contributed by atoms with Crippen LogP contribution in [0.15, 0.2) is 84.0 Å². The smallest absolute Gasteiger partial charge is 0.272 e. The summed E-state index contributed by atoms with van der Waals surface area (Å²) in [5.41, 5.74) is 8.53. The van der Waals surface area contributed by atoms with Crippen LogP contribution >= 0.6 is 0 Å². The van der Waals surface area contributed by atoms with Crippen molar-refractivity contribution in [2.45, 2.75) is 53.9 Å². The Kier molecular flexibility index (Phi) is 8.24. The van der Waals surface area contributed by atoms with Crippen molar-refractivity contribution in [2.24, 2.45) is 10.5 Å². The number of rotatable bonds is 7. The number of para-hydroxylation sites is 1. The largest absolute Gasteiger partial charge is 0.326 e. The molecule has 0 aliphatic rings. The van der Waals surface area contributed by atoms with E-state index in [0.29, 0.717) is 22.9 Å². The Balaban J connectivity index is 1.60. The maximum absolute atomic E-state index is 13.4. The first kappa shape index (κ1) is 27.7. The van der Waals surface area contributed by atoms with Crippen molar-refractivity contribution >= 4 is 34.1 Å². The Morgan fingerprint density at radius 2 is 1.67 bits per heavy atom. The van der Waals surface area contributed by atoms with Gasteiger partial charge in [-0.2, -0.15) is 5.10 Å². The van der Waals surface area contributed by atoms with E-state index in [0.717, 1.165) is 34.1 Å². The molecule has 0 fully saturated rings. The number of nitrogens with one attached hydrogen (secondary N) is 2. The first-order chi connectivity index (χ1) is 18.6. The minimum Gasteiger partial charge on any atom is -0.326 e. The molecule has 3 aromatic carbocycles. The van der Waals surface area contributed by atoms with Gasteiger partial charge in [0.25, 0.3) is 5.91 Å². The van der Waals surface area contributed by atoms with Crippen LogP contribution in [0.3, 0.4) is 0 Å². The number of fused-ring (bicyclic) bond motifs is 1. The maximum atomic E-state index is 13.4. The molecule has 0 spiro atoms. The molecule has 0 saturated carbocycles. The van der Waals surface area contributed by atoms with Gasteiger partial charge in [0.1, 0.15) is 0 Å². The highest BCUT2D eigenvalue weighted by molar-refractivity contribution is 6.08. The zero-order valence-electron chi connectivity index (χ0n) is 23.5. The minimum absolute atomic E-state index is 0.0718. The average molecular weight is 521 g/mol. The van der Waals surface area contributed by atoms with Gasteiger partial charge in [-0.15, -0.1) is 0 Å². The standard InChI is InChI=1S/C33H36N4O2/c1-7-21(2)23-15-17-24(18-16-23)30-20-28(27-13-8-9-14-29(27)35-30)31(38)37-36-22(3)25-11-10-12-26(19-25)34-32(39)33(4,5)6/h8-21H,7H2,1-6H3,(H,34,39)(H,37,38)/t21-/m1/s1. The number of amides is 2. The van der Waals surface area contributed by atoms with E-state index < -0.39 is 5.41 Å². The molecule has 39 heavy (non-hydrogen) atoms. The average Bonchev–Trinajstić information content (AvgIpc) is 2.94. The first-order valence-electron chi connectivity index (χ1n) is 13.3. The van der Waals surface area contributed by atoms with E-state index in [1.54, 1.807) is 0 Å². The molecule has 4 aromatic rings. The molecule has 0 bridgehead atoms. The molecule has 2 N–H and O–H groups in total. The molecular weight excluding hydrogens is 484 g/mol. The van der Waals surface area contributed by atoms with Gasteiger partial charge in [-0.3, -0.25) is 9.59 Å². The number of anilines is 1. The zero-order valence-corrected chi connectivity index (χ0v) is 23.5. The van der Waals surface area contributed by atoms with E-state index >= 15 is 0 Å². The molecule has 1 aromatic heterocycles. The fraction of sp³-hybridized carbons (Fsp3) is 0.273. The van der Waals surface area contributed by atoms with Crippen molar-refractivity contribution in [3.8, 4) is 11.3 Å². The Labute approximate surface area is 230 Å². The van der Waals surface area contributed by atoms with Gasteiger partial charge in [-0.1, -0.05) is 89.2 Å². The second-order valence-electron chi connectivity index (χ2n) is 10.9. The van der Waals surface area contributed by atoms with E-state index in [-0.39, 0.29) is 11.8 Å². The van der Waals surface area contributed by atoms with E-state index in [1.807, 2.05) is 82.3 Å². The van der Waals surface area contributed by atoms with Crippen molar-refractivity contribution in [1.29, 1.82) is 0 Å². The highest BCUT2D eigenvalue weighted by Crippen LogP contribution is 2.27. The van der Waals surface area contributed by atoms with Gasteiger partial charge in [-0.25, -0.2) is 10.4 Å². The summed E-state index contributed by atoms with van der Waals surface area (Å²) >= 11 is 0. The second kappa shape index (κ2) is 11.6. The van der Waals surface area contributed by atoms with Crippen LogP contribution in [0.4, 0.5) is 5.69 Å². The van der Waals surface area contributed by atoms with Gasteiger partial charge in [-0.05, 0) is 54.7 Å². The third kappa shape index (κ3) is 6.58. The Morgan fingerprint density at radius 1 is 0.949 bits per heavy atom. The van der Waals surface area contributed by atoms with Crippen LogP contribution in [0.5, 0.6) is 0 Å². The lowest BCUT2D eigenvalue weighted by molar-refractivity contribution is -0.123. The van der Waals surface area contributed by atoms with Gasteiger partial charge >= 0.3 is 0 Å². The number of hydrogen-bond acceptors (Lipinski definition) is 4. The second-order valence-corrected chi connectivity index (χ2v) is 10.9. The van der Waals surface area contributed by atoms with E-state index in [9.17, 15) is 9.59 Å². The Bertz CT molecular complexity index is 1530. The molecule has 4 rings (SSSR count). The minimum atomic E-state index is -0.505. The lowest BCUT2D eigenvalue weighted by Crippen LogP contribution is -2.27. The van der Waals surface area contributed by atoms with Crippen molar-refractivity contribution in [3.63, 3.8) is 0 Å². The number of nitrogens with zero attached hydrogens (tertiary/aromatic N) is 2. The molecule has 2 amide bonds. The lowest BCUT2D eigenvalue weighted by atomic mass is 9.95. The highest BCUT2D eigenvalue weighted by Gasteiger charge is 2.21. The summed E-state index contributed by atoms with van der Waals surface area (Å²) in [6.07, 6.45) is 1.08. The Hall–Kier alpha value is -4.32. The van der Waals surface area contributed by atoms with Crippen molar-refractivity contribution < 1.29 is 9.59 Å². The van der Waals surface area contributed by atoms with Gasteiger partial charge in [0.2, 0.25) is 5.91 Å². The third-order valence-electron chi connectivity index (χ3n) is 6.89. The monoisotopic (exact) mass is 520 g/mol. The fourth-order valence-electron chi connectivity index (χ4n) is 4.13. The summed E-state index contributed by atoms with van der Waals surface area (Å²) in [5, 5.41) is 8.07. The summed E-state index contributed by atoms with van der Waals surface area (Å²) in [6, 6.07) is 25.2. The molecule has 1 atom stereocenters. The topological polar surface area (TPSA) is 83.5 Å². The van der Waals surface area contributed by atoms with Crippen molar-refractivity contribution in [2.75, 3.05) is 5.32 Å². The summed E-state index contributed by atoms with van der Waals surface area (Å²) in [4.78, 5) is 30.6. The highest BCUT2D eigenvalue weighted by atomic mass is 16.2. The van der Waals surface area contributed by atoms with Gasteiger partial charge < -0.3 is 5.32 Å². The van der Waals surface area contributed by atoms with Crippen LogP contribution in [-0.2, 0) is 4.79 Å². The molecule has 6 nitrogen and oxygen atoms in total. The molecule has 0 saturated heterocycles. The number of aromatic nitrogens is 1. The van der Waals surface area contributed by atoms with Crippen LogP contribution in [0.1, 0.15) is 75.4 Å². The van der Waals surface area contributed by atoms with Crippen LogP contribution in [0, 0.1) is 5.41 Å². The van der Waals surface area contributed by atoms with E-state index in [1.165, 1.54) is 5.56 Å². The molecule has 200 valence electrons. The molecule has 0 aliphatic carbocycles. The molecular formula is C33H36N4O2. The predicted molar refractivity (Wildman–Crippen MR) is 160 cm³/mol. The first-order valence-corrected chi connectivity index (χ1v) is 13.3. The lowest BCUT2D eigenvalue weighted by Gasteiger charge is -2.18. The number of carbonyl (C=O) groups excluding carboxylic acids is 2. The number of carbonyl (C=O) groups is 2. The fourth-order valence-corrected chi connectivity index (χ4v) is 4.13. The van der Waals surface area contributed by atoms with Crippen LogP contribution in [0.25, 0.3) is 22.2 Å². The number of benzene rings is 3.